The van der Waals surface area contributed by atoms with Gasteiger partial charge >= 0.3 is 0 Å². The Morgan fingerprint density at radius 2 is 1.67 bits per heavy atom. The van der Waals surface area contributed by atoms with E-state index in [9.17, 15) is 21.9 Å². The summed E-state index contributed by atoms with van der Waals surface area (Å²) >= 11 is 6.11. The van der Waals surface area contributed by atoms with E-state index in [-0.39, 0.29) is 6.42 Å². The average Bonchev–Trinajstić information content (AvgIpc) is 2.92. The zero-order valence-corrected chi connectivity index (χ0v) is 25.8. The summed E-state index contributed by atoms with van der Waals surface area (Å²) in [6, 6.07) is 23.8. The van der Waals surface area contributed by atoms with E-state index in [1.165, 1.54) is 6.92 Å². The lowest BCUT2D eigenvalue weighted by molar-refractivity contribution is 0.00921. The first-order chi connectivity index (χ1) is 19.7. The molecule has 1 aromatic heterocycles. The number of halogens is 1. The first kappa shape index (κ1) is 31.8. The van der Waals surface area contributed by atoms with Crippen molar-refractivity contribution in [1.29, 1.82) is 0 Å². The van der Waals surface area contributed by atoms with E-state index in [4.69, 9.17) is 20.0 Å². The fraction of sp³-hybridized carbons (Fsp3) is 0.258. The van der Waals surface area contributed by atoms with Crippen molar-refractivity contribution in [3.05, 3.63) is 112 Å². The minimum atomic E-state index is -3.81. The quantitative estimate of drug-likeness (QED) is 0.193. The SMILES string of the molecule is CC(O)(COS(C)(=O)=O)c1ccccc1CC[C@H](OS(C)(=O)=O)c1cccc(C=Cc2ccc3ccc(Cl)cc3n2)c1. The van der Waals surface area contributed by atoms with Crippen molar-refractivity contribution in [3.8, 4) is 0 Å². The van der Waals surface area contributed by atoms with Crippen molar-refractivity contribution in [3.63, 3.8) is 0 Å². The molecule has 0 saturated heterocycles. The Hall–Kier alpha value is -3.12. The molecule has 0 saturated carbocycles. The molecule has 11 heteroatoms. The van der Waals surface area contributed by atoms with Crippen LogP contribution in [0.1, 0.15) is 47.4 Å². The maximum Gasteiger partial charge on any atom is 0.264 e. The lowest BCUT2D eigenvalue weighted by Gasteiger charge is -2.26. The van der Waals surface area contributed by atoms with Gasteiger partial charge in [-0.05, 0) is 72.4 Å². The second-order valence-corrected chi connectivity index (χ2v) is 14.0. The molecule has 222 valence electrons. The molecule has 3 aromatic carbocycles. The fourth-order valence-corrected chi connectivity index (χ4v) is 5.81. The summed E-state index contributed by atoms with van der Waals surface area (Å²) in [5.41, 5.74) is 2.59. The highest BCUT2D eigenvalue weighted by Gasteiger charge is 2.28. The van der Waals surface area contributed by atoms with E-state index in [1.54, 1.807) is 36.4 Å². The standard InChI is InChI=1S/C31H32ClNO7S2/c1-31(34,21-39-41(2,35)36)28-10-5-4-8-23(28)14-18-30(40-42(3,37)38)25-9-6-7-22(19-25)11-16-27-17-13-24-12-15-26(32)20-29(24)33-27/h4-13,15-17,19-20,30,34H,14,18,21H2,1-3H3/t30-,31?/m0/s1. The molecule has 0 spiro atoms. The van der Waals surface area contributed by atoms with Crippen molar-refractivity contribution < 1.29 is 30.3 Å². The predicted molar refractivity (Wildman–Crippen MR) is 166 cm³/mol. The number of benzene rings is 3. The van der Waals surface area contributed by atoms with Crippen LogP contribution < -0.4 is 0 Å². The predicted octanol–water partition coefficient (Wildman–Crippen LogP) is 5.89. The van der Waals surface area contributed by atoms with E-state index in [0.717, 1.165) is 34.7 Å². The number of hydrogen-bond acceptors (Lipinski definition) is 8. The number of rotatable bonds is 12. The smallest absolute Gasteiger partial charge is 0.264 e. The molecule has 0 aliphatic heterocycles. The van der Waals surface area contributed by atoms with Crippen molar-refractivity contribution in [1.82, 2.24) is 4.98 Å². The van der Waals surface area contributed by atoms with Gasteiger partial charge in [-0.15, -0.1) is 0 Å². The maximum absolute atomic E-state index is 12.2. The maximum atomic E-state index is 12.2. The molecule has 4 rings (SSSR count). The number of nitrogens with zero attached hydrogens (tertiary/aromatic N) is 1. The van der Waals surface area contributed by atoms with Gasteiger partial charge in [-0.3, -0.25) is 8.37 Å². The Morgan fingerprint density at radius 3 is 2.40 bits per heavy atom. The second-order valence-electron chi connectivity index (χ2n) is 10.3. The normalized spacial score (nSPS) is 14.7. The molecule has 0 bridgehead atoms. The lowest BCUT2D eigenvalue weighted by atomic mass is 9.89. The van der Waals surface area contributed by atoms with Gasteiger partial charge in [-0.1, -0.05) is 72.3 Å². The van der Waals surface area contributed by atoms with E-state index in [2.05, 4.69) is 4.98 Å². The highest BCUT2D eigenvalue weighted by molar-refractivity contribution is 7.86. The Bertz CT molecular complexity index is 1820. The minimum absolute atomic E-state index is 0.271. The summed E-state index contributed by atoms with van der Waals surface area (Å²) in [7, 11) is -7.57. The zero-order valence-electron chi connectivity index (χ0n) is 23.4. The molecule has 4 aromatic rings. The molecule has 0 amide bonds. The highest BCUT2D eigenvalue weighted by atomic mass is 35.5. The van der Waals surface area contributed by atoms with Crippen LogP contribution in [0.15, 0.2) is 78.9 Å². The van der Waals surface area contributed by atoms with Gasteiger partial charge in [0.25, 0.3) is 20.2 Å². The molecule has 0 aliphatic carbocycles. The summed E-state index contributed by atoms with van der Waals surface area (Å²) in [5.74, 6) is 0. The highest BCUT2D eigenvalue weighted by Crippen LogP contribution is 2.31. The fourth-order valence-electron chi connectivity index (χ4n) is 4.57. The third kappa shape index (κ3) is 9.19. The third-order valence-electron chi connectivity index (χ3n) is 6.52. The number of aryl methyl sites for hydroxylation is 1. The molecule has 1 unspecified atom stereocenters. The molecule has 2 atom stereocenters. The van der Waals surface area contributed by atoms with Crippen LogP contribution in [0, 0.1) is 0 Å². The van der Waals surface area contributed by atoms with Gasteiger partial charge in [0, 0.05) is 10.4 Å². The van der Waals surface area contributed by atoms with Crippen LogP contribution in [0.2, 0.25) is 5.02 Å². The number of aromatic nitrogens is 1. The van der Waals surface area contributed by atoms with Crippen LogP contribution in [-0.2, 0) is 40.6 Å². The van der Waals surface area contributed by atoms with E-state index in [1.807, 2.05) is 54.6 Å². The van der Waals surface area contributed by atoms with Gasteiger partial charge in [-0.2, -0.15) is 16.8 Å². The van der Waals surface area contributed by atoms with Crippen LogP contribution in [0.4, 0.5) is 0 Å². The van der Waals surface area contributed by atoms with Crippen molar-refractivity contribution in [2.75, 3.05) is 19.1 Å². The molecule has 1 heterocycles. The molecule has 1 N–H and O–H groups in total. The summed E-state index contributed by atoms with van der Waals surface area (Å²) in [5, 5.41) is 12.6. The number of aliphatic hydroxyl groups is 1. The second kappa shape index (κ2) is 13.0. The topological polar surface area (TPSA) is 120 Å². The van der Waals surface area contributed by atoms with E-state index in [0.29, 0.717) is 28.1 Å². The molecule has 0 aliphatic rings. The summed E-state index contributed by atoms with van der Waals surface area (Å²) in [6.07, 6.45) is 5.47. The third-order valence-corrected chi connectivity index (χ3v) is 7.89. The molecular weight excluding hydrogens is 598 g/mol. The van der Waals surface area contributed by atoms with E-state index >= 15 is 0 Å². The number of hydrogen-bond donors (Lipinski definition) is 1. The molecule has 0 fully saturated rings. The monoisotopic (exact) mass is 629 g/mol. The Labute approximate surface area is 251 Å². The first-order valence-electron chi connectivity index (χ1n) is 13.1. The van der Waals surface area contributed by atoms with Crippen LogP contribution >= 0.6 is 11.6 Å². The van der Waals surface area contributed by atoms with Crippen molar-refractivity contribution >= 4 is 54.9 Å². The summed E-state index contributed by atoms with van der Waals surface area (Å²) < 4.78 is 57.7. The number of fused-ring (bicyclic) bond motifs is 1. The van der Waals surface area contributed by atoms with Crippen LogP contribution in [-0.4, -0.2) is 46.0 Å². The van der Waals surface area contributed by atoms with E-state index < -0.39 is 38.5 Å². The largest absolute Gasteiger partial charge is 0.383 e. The first-order valence-corrected chi connectivity index (χ1v) is 17.1. The van der Waals surface area contributed by atoms with Crippen molar-refractivity contribution in [2.45, 2.75) is 31.5 Å². The number of pyridine rings is 1. The van der Waals surface area contributed by atoms with Gasteiger partial charge in [-0.25, -0.2) is 4.98 Å². The van der Waals surface area contributed by atoms with Crippen LogP contribution in [0.3, 0.4) is 0 Å². The summed E-state index contributed by atoms with van der Waals surface area (Å²) in [4.78, 5) is 4.64. The lowest BCUT2D eigenvalue weighted by Crippen LogP contribution is -2.30. The molecule has 0 radical (unpaired) electrons. The Kier molecular flexibility index (Phi) is 9.87. The van der Waals surface area contributed by atoms with Gasteiger partial charge in [0.05, 0.1) is 30.3 Å². The Balaban J connectivity index is 1.57. The summed E-state index contributed by atoms with van der Waals surface area (Å²) in [6.45, 7) is 1.01. The van der Waals surface area contributed by atoms with Crippen LogP contribution in [0.25, 0.3) is 23.1 Å². The van der Waals surface area contributed by atoms with Gasteiger partial charge in [0.2, 0.25) is 0 Å². The molecule has 8 nitrogen and oxygen atoms in total. The molecular formula is C31H32ClNO7S2. The average molecular weight is 630 g/mol. The van der Waals surface area contributed by atoms with Crippen LogP contribution in [0.5, 0.6) is 0 Å². The van der Waals surface area contributed by atoms with Gasteiger partial charge in [0.1, 0.15) is 11.7 Å². The minimum Gasteiger partial charge on any atom is -0.383 e. The Morgan fingerprint density at radius 1 is 0.929 bits per heavy atom. The van der Waals surface area contributed by atoms with Crippen molar-refractivity contribution in [2.24, 2.45) is 0 Å². The van der Waals surface area contributed by atoms with Gasteiger partial charge < -0.3 is 5.11 Å². The van der Waals surface area contributed by atoms with Gasteiger partial charge in [0.15, 0.2) is 0 Å². The zero-order chi connectivity index (χ0) is 30.5. The molecule has 42 heavy (non-hydrogen) atoms.